The van der Waals surface area contributed by atoms with Gasteiger partial charge in [-0.25, -0.2) is 9.59 Å². The highest BCUT2D eigenvalue weighted by atomic mass is 16.6. The lowest BCUT2D eigenvalue weighted by atomic mass is 10.1. The van der Waals surface area contributed by atoms with Crippen molar-refractivity contribution in [3.63, 3.8) is 0 Å². The maximum atomic E-state index is 11.9. The van der Waals surface area contributed by atoms with Gasteiger partial charge in [0, 0.05) is 11.3 Å². The van der Waals surface area contributed by atoms with E-state index in [1.807, 2.05) is 0 Å². The summed E-state index contributed by atoms with van der Waals surface area (Å²) < 4.78 is 10.5. The predicted octanol–water partition coefficient (Wildman–Crippen LogP) is 3.13. The standard InChI is InChI=1S/C16H19N3O5/c1-16(2,3)24-15(22)18-9-5-6-12(23-4)10(7-9)13-11(14(20)21)8-17-19-13/h5-8H,1-4H3,(H,17,19)(H,18,22)(H,20,21). The fourth-order valence-electron chi connectivity index (χ4n) is 2.06. The summed E-state index contributed by atoms with van der Waals surface area (Å²) in [5.74, 6) is -0.678. The van der Waals surface area contributed by atoms with Crippen LogP contribution in [-0.4, -0.2) is 40.1 Å². The molecule has 0 aliphatic carbocycles. The van der Waals surface area contributed by atoms with Crippen LogP contribution in [0, 0.1) is 0 Å². The van der Waals surface area contributed by atoms with Crippen LogP contribution in [0.5, 0.6) is 5.75 Å². The highest BCUT2D eigenvalue weighted by Gasteiger charge is 2.20. The number of anilines is 1. The number of ether oxygens (including phenoxy) is 2. The van der Waals surface area contributed by atoms with E-state index in [0.717, 1.165) is 0 Å². The highest BCUT2D eigenvalue weighted by molar-refractivity contribution is 5.96. The number of rotatable bonds is 4. The van der Waals surface area contributed by atoms with Crippen molar-refractivity contribution in [3.8, 4) is 17.0 Å². The molecule has 24 heavy (non-hydrogen) atoms. The van der Waals surface area contributed by atoms with Crippen LogP contribution in [-0.2, 0) is 4.74 Å². The van der Waals surface area contributed by atoms with Gasteiger partial charge in [0.05, 0.1) is 19.0 Å². The molecule has 0 fully saturated rings. The van der Waals surface area contributed by atoms with Crippen molar-refractivity contribution in [2.45, 2.75) is 26.4 Å². The number of aromatic carboxylic acids is 1. The molecule has 8 heteroatoms. The molecule has 0 saturated carbocycles. The zero-order valence-electron chi connectivity index (χ0n) is 13.8. The molecule has 1 heterocycles. The fourth-order valence-corrected chi connectivity index (χ4v) is 2.06. The fraction of sp³-hybridized carbons (Fsp3) is 0.312. The number of aromatic amines is 1. The number of aromatic nitrogens is 2. The minimum Gasteiger partial charge on any atom is -0.496 e. The minimum atomic E-state index is -1.12. The molecular formula is C16H19N3O5. The number of H-pyrrole nitrogens is 1. The Hall–Kier alpha value is -3.03. The second-order valence-corrected chi connectivity index (χ2v) is 6.01. The minimum absolute atomic E-state index is 0.00252. The van der Waals surface area contributed by atoms with Crippen molar-refractivity contribution in [2.24, 2.45) is 0 Å². The number of carboxylic acid groups (broad SMARTS) is 1. The SMILES string of the molecule is COc1ccc(NC(=O)OC(C)(C)C)cc1-c1[nH]ncc1C(=O)O. The number of carboxylic acids is 1. The number of amides is 1. The first-order valence-electron chi connectivity index (χ1n) is 7.16. The summed E-state index contributed by atoms with van der Waals surface area (Å²) >= 11 is 0. The van der Waals surface area contributed by atoms with Gasteiger partial charge in [-0.15, -0.1) is 0 Å². The van der Waals surface area contributed by atoms with Crippen LogP contribution in [0.25, 0.3) is 11.3 Å². The second-order valence-electron chi connectivity index (χ2n) is 6.01. The van der Waals surface area contributed by atoms with Gasteiger partial charge in [0.25, 0.3) is 0 Å². The van der Waals surface area contributed by atoms with Gasteiger partial charge in [-0.3, -0.25) is 10.4 Å². The van der Waals surface area contributed by atoms with Crippen molar-refractivity contribution < 1.29 is 24.2 Å². The summed E-state index contributed by atoms with van der Waals surface area (Å²) in [5, 5.41) is 18.2. The molecule has 0 unspecified atom stereocenters. The third-order valence-electron chi connectivity index (χ3n) is 2.98. The molecule has 0 aliphatic heterocycles. The van der Waals surface area contributed by atoms with E-state index in [1.54, 1.807) is 39.0 Å². The Morgan fingerprint density at radius 1 is 1.29 bits per heavy atom. The van der Waals surface area contributed by atoms with Crippen molar-refractivity contribution in [3.05, 3.63) is 30.0 Å². The maximum Gasteiger partial charge on any atom is 0.412 e. The van der Waals surface area contributed by atoms with Crippen LogP contribution in [0.2, 0.25) is 0 Å². The molecule has 0 aliphatic rings. The molecule has 3 N–H and O–H groups in total. The first-order chi connectivity index (χ1) is 11.2. The summed E-state index contributed by atoms with van der Waals surface area (Å²) in [6.07, 6.45) is 0.604. The topological polar surface area (TPSA) is 114 Å². The Kier molecular flexibility index (Phi) is 4.77. The number of nitrogens with one attached hydrogen (secondary N) is 2. The van der Waals surface area contributed by atoms with Crippen LogP contribution in [0.15, 0.2) is 24.4 Å². The first kappa shape index (κ1) is 17.3. The van der Waals surface area contributed by atoms with Gasteiger partial charge in [-0.2, -0.15) is 5.10 Å². The summed E-state index contributed by atoms with van der Waals surface area (Å²) in [4.78, 5) is 23.2. The van der Waals surface area contributed by atoms with E-state index in [4.69, 9.17) is 9.47 Å². The van der Waals surface area contributed by atoms with Crippen LogP contribution in [0.1, 0.15) is 31.1 Å². The molecule has 2 aromatic rings. The monoisotopic (exact) mass is 333 g/mol. The number of hydrogen-bond donors (Lipinski definition) is 3. The van der Waals surface area contributed by atoms with Crippen molar-refractivity contribution in [1.82, 2.24) is 10.2 Å². The summed E-state index contributed by atoms with van der Waals surface area (Å²) in [6, 6.07) is 4.83. The molecule has 0 saturated heterocycles. The number of hydrogen-bond acceptors (Lipinski definition) is 5. The third-order valence-corrected chi connectivity index (χ3v) is 2.98. The molecule has 0 atom stereocenters. The lowest BCUT2D eigenvalue weighted by molar-refractivity contribution is 0.0634. The molecule has 0 bridgehead atoms. The van der Waals surface area contributed by atoms with Gasteiger partial charge in [0.15, 0.2) is 0 Å². The summed E-state index contributed by atoms with van der Waals surface area (Å²) in [5.41, 5.74) is 0.557. The molecule has 2 rings (SSSR count). The zero-order valence-corrected chi connectivity index (χ0v) is 13.8. The lowest BCUT2D eigenvalue weighted by Crippen LogP contribution is -2.27. The van der Waals surface area contributed by atoms with Crippen LogP contribution >= 0.6 is 0 Å². The lowest BCUT2D eigenvalue weighted by Gasteiger charge is -2.20. The molecule has 1 amide bonds. The molecule has 0 radical (unpaired) electrons. The number of benzene rings is 1. The van der Waals surface area contributed by atoms with E-state index >= 15 is 0 Å². The Labute approximate surface area is 138 Å². The van der Waals surface area contributed by atoms with E-state index < -0.39 is 17.7 Å². The molecule has 0 spiro atoms. The smallest absolute Gasteiger partial charge is 0.412 e. The molecule has 8 nitrogen and oxygen atoms in total. The van der Waals surface area contributed by atoms with Crippen molar-refractivity contribution in [2.75, 3.05) is 12.4 Å². The van der Waals surface area contributed by atoms with Gasteiger partial charge >= 0.3 is 12.1 Å². The van der Waals surface area contributed by atoms with Gasteiger partial charge in [-0.05, 0) is 39.0 Å². The Balaban J connectivity index is 2.36. The van der Waals surface area contributed by atoms with E-state index in [2.05, 4.69) is 15.5 Å². The van der Waals surface area contributed by atoms with E-state index in [1.165, 1.54) is 13.3 Å². The summed E-state index contributed by atoms with van der Waals surface area (Å²) in [6.45, 7) is 5.28. The van der Waals surface area contributed by atoms with Crippen molar-refractivity contribution in [1.29, 1.82) is 0 Å². The van der Waals surface area contributed by atoms with Gasteiger partial charge in [0.2, 0.25) is 0 Å². The Morgan fingerprint density at radius 3 is 2.58 bits per heavy atom. The Morgan fingerprint density at radius 2 is 2.00 bits per heavy atom. The largest absolute Gasteiger partial charge is 0.496 e. The predicted molar refractivity (Wildman–Crippen MR) is 87.4 cm³/mol. The summed E-state index contributed by atoms with van der Waals surface area (Å²) in [7, 11) is 1.47. The number of methoxy groups -OCH3 is 1. The van der Waals surface area contributed by atoms with E-state index in [0.29, 0.717) is 17.0 Å². The van der Waals surface area contributed by atoms with Crippen LogP contribution in [0.4, 0.5) is 10.5 Å². The molecule has 1 aromatic heterocycles. The average Bonchev–Trinajstić information content (AvgIpc) is 2.94. The highest BCUT2D eigenvalue weighted by Crippen LogP contribution is 2.33. The molecule has 128 valence electrons. The number of carbonyl (C=O) groups excluding carboxylic acids is 1. The molecule has 1 aromatic carbocycles. The van der Waals surface area contributed by atoms with E-state index in [9.17, 15) is 14.7 Å². The zero-order chi connectivity index (χ0) is 17.9. The number of nitrogens with zero attached hydrogens (tertiary/aromatic N) is 1. The quantitative estimate of drug-likeness (QED) is 0.792. The first-order valence-corrected chi connectivity index (χ1v) is 7.16. The number of carbonyl (C=O) groups is 2. The van der Waals surface area contributed by atoms with Gasteiger partial charge in [0.1, 0.15) is 16.9 Å². The average molecular weight is 333 g/mol. The van der Waals surface area contributed by atoms with Crippen LogP contribution < -0.4 is 10.1 Å². The van der Waals surface area contributed by atoms with Crippen LogP contribution in [0.3, 0.4) is 0 Å². The molecular weight excluding hydrogens is 314 g/mol. The normalized spacial score (nSPS) is 11.0. The Bertz CT molecular complexity index is 761. The van der Waals surface area contributed by atoms with E-state index in [-0.39, 0.29) is 11.3 Å². The maximum absolute atomic E-state index is 11.9. The third kappa shape index (κ3) is 4.03. The van der Waals surface area contributed by atoms with Crippen molar-refractivity contribution >= 4 is 17.7 Å². The van der Waals surface area contributed by atoms with Gasteiger partial charge in [-0.1, -0.05) is 0 Å². The second kappa shape index (κ2) is 6.61. The van der Waals surface area contributed by atoms with Gasteiger partial charge < -0.3 is 14.6 Å².